The van der Waals surface area contributed by atoms with E-state index in [1.807, 2.05) is 55.7 Å². The number of aryl methyl sites for hydroxylation is 3. The number of aromatic nitrogens is 2. The molecular formula is C23H20ClN3O2S. The van der Waals surface area contributed by atoms with Gasteiger partial charge in [-0.3, -0.25) is 14.9 Å². The molecule has 2 heterocycles. The summed E-state index contributed by atoms with van der Waals surface area (Å²) in [5.41, 5.74) is 3.15. The first kappa shape index (κ1) is 20.3. The van der Waals surface area contributed by atoms with E-state index in [0.29, 0.717) is 22.1 Å². The number of nitrogens with one attached hydrogen (secondary N) is 1. The first-order valence-electron chi connectivity index (χ1n) is 9.57. The predicted molar refractivity (Wildman–Crippen MR) is 124 cm³/mol. The Hall–Kier alpha value is -2.96. The topological polar surface area (TPSA) is 64.0 Å². The van der Waals surface area contributed by atoms with Crippen LogP contribution in [0.4, 0.5) is 5.13 Å². The van der Waals surface area contributed by atoms with Gasteiger partial charge in [0.1, 0.15) is 5.56 Å². The molecule has 0 bridgehead atoms. The number of anilines is 1. The smallest absolute Gasteiger partial charge is 0.262 e. The molecule has 0 aliphatic heterocycles. The summed E-state index contributed by atoms with van der Waals surface area (Å²) in [4.78, 5) is 31.6. The second-order valence-corrected chi connectivity index (χ2v) is 8.58. The van der Waals surface area contributed by atoms with Crippen LogP contribution in [0, 0.1) is 13.8 Å². The summed E-state index contributed by atoms with van der Waals surface area (Å²) in [5, 5.41) is 4.33. The third kappa shape index (κ3) is 3.53. The Morgan fingerprint density at radius 1 is 1.17 bits per heavy atom. The Kier molecular flexibility index (Phi) is 5.45. The number of rotatable bonds is 4. The summed E-state index contributed by atoms with van der Waals surface area (Å²) in [6.45, 7) is 6.40. The lowest BCUT2D eigenvalue weighted by Crippen LogP contribution is -2.24. The van der Waals surface area contributed by atoms with E-state index in [2.05, 4.69) is 10.3 Å². The second-order valence-electron chi connectivity index (χ2n) is 6.97. The Labute approximate surface area is 183 Å². The van der Waals surface area contributed by atoms with Crippen molar-refractivity contribution in [3.8, 4) is 11.3 Å². The van der Waals surface area contributed by atoms with E-state index >= 15 is 0 Å². The lowest BCUT2D eigenvalue weighted by molar-refractivity contribution is 0.102. The first-order valence-corrected chi connectivity index (χ1v) is 10.8. The van der Waals surface area contributed by atoms with Gasteiger partial charge >= 0.3 is 0 Å². The van der Waals surface area contributed by atoms with Crippen LogP contribution in [0.1, 0.15) is 27.7 Å². The Balaban J connectivity index is 1.74. The van der Waals surface area contributed by atoms with Crippen molar-refractivity contribution in [2.75, 3.05) is 5.32 Å². The van der Waals surface area contributed by atoms with Crippen LogP contribution in [-0.2, 0) is 6.54 Å². The standard InChI is InChI=1S/C23H20ClN3O2S/c1-4-27-12-17(21(28)16-10-11-18(24)13(2)20(16)27)22(29)26-23-25-19(14(3)30-23)15-8-6-5-7-9-15/h5-12H,4H2,1-3H3,(H,25,26,29). The zero-order valence-electron chi connectivity index (χ0n) is 16.8. The van der Waals surface area contributed by atoms with E-state index in [-0.39, 0.29) is 11.0 Å². The zero-order valence-corrected chi connectivity index (χ0v) is 18.4. The van der Waals surface area contributed by atoms with E-state index in [0.717, 1.165) is 27.2 Å². The average molecular weight is 438 g/mol. The van der Waals surface area contributed by atoms with Crippen LogP contribution in [0.3, 0.4) is 0 Å². The van der Waals surface area contributed by atoms with Crippen LogP contribution < -0.4 is 10.7 Å². The molecule has 0 fully saturated rings. The summed E-state index contributed by atoms with van der Waals surface area (Å²) in [6.07, 6.45) is 1.60. The number of halogens is 1. The van der Waals surface area contributed by atoms with Crippen molar-refractivity contribution in [3.63, 3.8) is 0 Å². The van der Waals surface area contributed by atoms with Gasteiger partial charge in [-0.15, -0.1) is 11.3 Å². The number of benzene rings is 2. The van der Waals surface area contributed by atoms with Crippen molar-refractivity contribution < 1.29 is 4.79 Å². The van der Waals surface area contributed by atoms with Crippen LogP contribution in [0.5, 0.6) is 0 Å². The number of fused-ring (bicyclic) bond motifs is 1. The molecule has 0 spiro atoms. The van der Waals surface area contributed by atoms with Gasteiger partial charge < -0.3 is 4.57 Å². The number of amides is 1. The quantitative estimate of drug-likeness (QED) is 0.447. The Morgan fingerprint density at radius 2 is 1.90 bits per heavy atom. The molecule has 4 rings (SSSR count). The molecule has 0 saturated carbocycles. The van der Waals surface area contributed by atoms with E-state index in [1.165, 1.54) is 11.3 Å². The summed E-state index contributed by atoms with van der Waals surface area (Å²) in [7, 11) is 0. The Morgan fingerprint density at radius 3 is 2.60 bits per heavy atom. The molecule has 2 aromatic heterocycles. The van der Waals surface area contributed by atoms with Crippen LogP contribution >= 0.6 is 22.9 Å². The third-order valence-corrected chi connectivity index (χ3v) is 6.37. The number of hydrogen-bond acceptors (Lipinski definition) is 4. The van der Waals surface area contributed by atoms with Gasteiger partial charge in [-0.2, -0.15) is 0 Å². The number of thiazole rings is 1. The highest BCUT2D eigenvalue weighted by Gasteiger charge is 2.19. The first-order chi connectivity index (χ1) is 14.4. The van der Waals surface area contributed by atoms with Gasteiger partial charge in [-0.1, -0.05) is 41.9 Å². The van der Waals surface area contributed by atoms with Gasteiger partial charge in [-0.05, 0) is 38.5 Å². The molecule has 7 heteroatoms. The van der Waals surface area contributed by atoms with Crippen LogP contribution in [-0.4, -0.2) is 15.5 Å². The summed E-state index contributed by atoms with van der Waals surface area (Å²) in [5.74, 6) is -0.468. The molecule has 4 aromatic rings. The van der Waals surface area contributed by atoms with Crippen molar-refractivity contribution in [1.29, 1.82) is 0 Å². The normalized spacial score (nSPS) is 11.1. The maximum absolute atomic E-state index is 13.1. The molecule has 0 saturated heterocycles. The van der Waals surface area contributed by atoms with Crippen molar-refractivity contribution in [1.82, 2.24) is 9.55 Å². The summed E-state index contributed by atoms with van der Waals surface area (Å²) in [6, 6.07) is 13.2. The zero-order chi connectivity index (χ0) is 21.4. The summed E-state index contributed by atoms with van der Waals surface area (Å²) >= 11 is 7.63. The van der Waals surface area contributed by atoms with Gasteiger partial charge in [0, 0.05) is 33.6 Å². The molecule has 2 aromatic carbocycles. The fourth-order valence-electron chi connectivity index (χ4n) is 3.54. The number of carbonyl (C=O) groups excluding carboxylic acids is 1. The highest BCUT2D eigenvalue weighted by Crippen LogP contribution is 2.30. The van der Waals surface area contributed by atoms with Gasteiger partial charge in [0.15, 0.2) is 5.13 Å². The molecule has 0 aliphatic rings. The van der Waals surface area contributed by atoms with Crippen LogP contribution in [0.15, 0.2) is 53.5 Å². The minimum Gasteiger partial charge on any atom is -0.346 e. The number of hydrogen-bond donors (Lipinski definition) is 1. The maximum Gasteiger partial charge on any atom is 0.262 e. The van der Waals surface area contributed by atoms with Crippen molar-refractivity contribution >= 4 is 44.9 Å². The molecule has 0 radical (unpaired) electrons. The molecule has 152 valence electrons. The Bertz CT molecular complexity index is 1330. The van der Waals surface area contributed by atoms with E-state index in [9.17, 15) is 9.59 Å². The molecule has 5 nitrogen and oxygen atoms in total. The molecule has 1 N–H and O–H groups in total. The van der Waals surface area contributed by atoms with E-state index < -0.39 is 5.91 Å². The molecule has 0 atom stereocenters. The molecule has 1 amide bonds. The van der Waals surface area contributed by atoms with Gasteiger partial charge in [0.05, 0.1) is 11.2 Å². The fourth-order valence-corrected chi connectivity index (χ4v) is 4.53. The van der Waals surface area contributed by atoms with Crippen LogP contribution in [0.25, 0.3) is 22.2 Å². The maximum atomic E-state index is 13.1. The average Bonchev–Trinajstić information content (AvgIpc) is 3.11. The lowest BCUT2D eigenvalue weighted by atomic mass is 10.1. The number of carbonyl (C=O) groups is 1. The van der Waals surface area contributed by atoms with Crippen molar-refractivity contribution in [3.05, 3.63) is 79.9 Å². The van der Waals surface area contributed by atoms with E-state index in [1.54, 1.807) is 18.3 Å². The lowest BCUT2D eigenvalue weighted by Gasteiger charge is -2.14. The molecular weight excluding hydrogens is 418 g/mol. The minimum atomic E-state index is -0.468. The number of pyridine rings is 1. The van der Waals surface area contributed by atoms with Gasteiger partial charge in [-0.25, -0.2) is 4.98 Å². The highest BCUT2D eigenvalue weighted by atomic mass is 35.5. The van der Waals surface area contributed by atoms with E-state index in [4.69, 9.17) is 11.6 Å². The van der Waals surface area contributed by atoms with Crippen molar-refractivity contribution in [2.45, 2.75) is 27.3 Å². The fraction of sp³-hybridized carbons (Fsp3) is 0.174. The minimum absolute atomic E-state index is 0.0835. The predicted octanol–water partition coefficient (Wildman–Crippen LogP) is 5.67. The molecule has 0 aliphatic carbocycles. The molecule has 30 heavy (non-hydrogen) atoms. The summed E-state index contributed by atoms with van der Waals surface area (Å²) < 4.78 is 1.88. The van der Waals surface area contributed by atoms with Crippen LogP contribution in [0.2, 0.25) is 5.02 Å². The van der Waals surface area contributed by atoms with Gasteiger partial charge in [0.25, 0.3) is 5.91 Å². The third-order valence-electron chi connectivity index (χ3n) is 5.08. The number of nitrogens with zero attached hydrogens (tertiary/aromatic N) is 2. The van der Waals surface area contributed by atoms with Crippen molar-refractivity contribution in [2.24, 2.45) is 0 Å². The SMILES string of the molecule is CCn1cc(C(=O)Nc2nc(-c3ccccc3)c(C)s2)c(=O)c2ccc(Cl)c(C)c21. The second kappa shape index (κ2) is 8.05. The van der Waals surface area contributed by atoms with Gasteiger partial charge in [0.2, 0.25) is 5.43 Å². The molecule has 0 unspecified atom stereocenters. The monoisotopic (exact) mass is 437 g/mol. The largest absolute Gasteiger partial charge is 0.346 e. The highest BCUT2D eigenvalue weighted by molar-refractivity contribution is 7.16.